The van der Waals surface area contributed by atoms with Gasteiger partial charge in [0, 0.05) is 0 Å². The summed E-state index contributed by atoms with van der Waals surface area (Å²) >= 11 is 7.21. The van der Waals surface area contributed by atoms with E-state index in [1.54, 1.807) is 22.6 Å². The minimum atomic E-state index is -4.70. The topological polar surface area (TPSA) is 22.1 Å². The van der Waals surface area contributed by atoms with Crippen LogP contribution in [0.3, 0.4) is 0 Å². The van der Waals surface area contributed by atoms with Crippen LogP contribution in [-0.4, -0.2) is 11.3 Å². The van der Waals surface area contributed by atoms with Gasteiger partial charge in [0.2, 0.25) is 0 Å². The standard InChI is InChI=1S/C8H6ClF3INO/c1-4-2-5(3-9)14-7(13)6(4)15-8(10,11)12/h2H,3H2,1H3. The average molecular weight is 351 g/mol. The second kappa shape index (κ2) is 4.73. The van der Waals surface area contributed by atoms with Crippen LogP contribution in [0.4, 0.5) is 13.2 Å². The molecule has 0 aliphatic rings. The van der Waals surface area contributed by atoms with Gasteiger partial charge in [-0.3, -0.25) is 0 Å². The molecular formula is C8H6ClF3INO. The molecular weight excluding hydrogens is 345 g/mol. The second-order valence-corrected chi connectivity index (χ2v) is 4.02. The van der Waals surface area contributed by atoms with Crippen molar-refractivity contribution >= 4 is 34.2 Å². The molecule has 0 fully saturated rings. The molecule has 0 saturated heterocycles. The van der Waals surface area contributed by atoms with Crippen molar-refractivity contribution in [2.75, 3.05) is 0 Å². The second-order valence-electron chi connectivity index (χ2n) is 2.73. The van der Waals surface area contributed by atoms with E-state index in [2.05, 4.69) is 9.72 Å². The van der Waals surface area contributed by atoms with Gasteiger partial charge in [-0.25, -0.2) is 4.98 Å². The SMILES string of the molecule is Cc1cc(CCl)nc(I)c1OC(F)(F)F. The minimum Gasteiger partial charge on any atom is -0.403 e. The quantitative estimate of drug-likeness (QED) is 0.461. The van der Waals surface area contributed by atoms with E-state index in [1.165, 1.54) is 13.0 Å². The van der Waals surface area contributed by atoms with E-state index in [0.717, 1.165) is 0 Å². The maximum Gasteiger partial charge on any atom is 0.573 e. The molecule has 84 valence electrons. The molecule has 15 heavy (non-hydrogen) atoms. The maximum atomic E-state index is 12.0. The van der Waals surface area contributed by atoms with Crippen LogP contribution in [0, 0.1) is 10.6 Å². The molecule has 0 atom stereocenters. The lowest BCUT2D eigenvalue weighted by Crippen LogP contribution is -2.19. The summed E-state index contributed by atoms with van der Waals surface area (Å²) in [5, 5.41) is 0. The first kappa shape index (κ1) is 12.8. The lowest BCUT2D eigenvalue weighted by atomic mass is 10.2. The van der Waals surface area contributed by atoms with Crippen LogP contribution in [0.15, 0.2) is 6.07 Å². The van der Waals surface area contributed by atoms with E-state index in [9.17, 15) is 13.2 Å². The van der Waals surface area contributed by atoms with E-state index in [4.69, 9.17) is 11.6 Å². The number of pyridine rings is 1. The molecule has 0 aromatic carbocycles. The number of alkyl halides is 4. The molecule has 1 aromatic rings. The van der Waals surface area contributed by atoms with Crippen molar-refractivity contribution in [1.82, 2.24) is 4.98 Å². The maximum absolute atomic E-state index is 12.0. The summed E-state index contributed by atoms with van der Waals surface area (Å²) in [6, 6.07) is 1.47. The highest BCUT2D eigenvalue weighted by molar-refractivity contribution is 14.1. The highest BCUT2D eigenvalue weighted by Gasteiger charge is 2.33. The molecule has 1 rings (SSSR count). The number of ether oxygens (including phenoxy) is 1. The Bertz CT molecular complexity index is 346. The van der Waals surface area contributed by atoms with Gasteiger partial charge >= 0.3 is 6.36 Å². The van der Waals surface area contributed by atoms with Crippen LogP contribution in [0.1, 0.15) is 11.3 Å². The molecule has 0 unspecified atom stereocenters. The highest BCUT2D eigenvalue weighted by Crippen LogP contribution is 2.30. The van der Waals surface area contributed by atoms with Crippen molar-refractivity contribution in [1.29, 1.82) is 0 Å². The van der Waals surface area contributed by atoms with Crippen LogP contribution in [0.25, 0.3) is 0 Å². The third-order valence-corrected chi connectivity index (χ3v) is 2.53. The predicted octanol–water partition coefficient (Wildman–Crippen LogP) is 3.63. The molecule has 0 bridgehead atoms. The fourth-order valence-corrected chi connectivity index (χ4v) is 1.98. The van der Waals surface area contributed by atoms with Gasteiger partial charge < -0.3 is 4.74 Å². The molecule has 0 saturated carbocycles. The summed E-state index contributed by atoms with van der Waals surface area (Å²) in [5.74, 6) is -0.111. The molecule has 7 heteroatoms. The first-order valence-corrected chi connectivity index (χ1v) is 5.42. The van der Waals surface area contributed by atoms with Gasteiger partial charge in [-0.1, -0.05) is 0 Å². The van der Waals surface area contributed by atoms with E-state index in [0.29, 0.717) is 11.3 Å². The molecule has 1 aromatic heterocycles. The number of hydrogen-bond donors (Lipinski definition) is 0. The van der Waals surface area contributed by atoms with Crippen molar-refractivity contribution < 1.29 is 17.9 Å². The molecule has 0 radical (unpaired) electrons. The number of aryl methyl sites for hydroxylation is 1. The van der Waals surface area contributed by atoms with Crippen LogP contribution < -0.4 is 4.74 Å². The fourth-order valence-electron chi connectivity index (χ4n) is 0.994. The van der Waals surface area contributed by atoms with Gasteiger partial charge in [0.25, 0.3) is 0 Å². The van der Waals surface area contributed by atoms with Crippen molar-refractivity contribution in [2.45, 2.75) is 19.2 Å². The largest absolute Gasteiger partial charge is 0.573 e. The van der Waals surface area contributed by atoms with E-state index >= 15 is 0 Å². The average Bonchev–Trinajstić information content (AvgIpc) is 2.09. The van der Waals surface area contributed by atoms with Gasteiger partial charge in [-0.15, -0.1) is 24.8 Å². The number of nitrogens with zero attached hydrogens (tertiary/aromatic N) is 1. The van der Waals surface area contributed by atoms with E-state index in [-0.39, 0.29) is 15.3 Å². The highest BCUT2D eigenvalue weighted by atomic mass is 127. The smallest absolute Gasteiger partial charge is 0.403 e. The van der Waals surface area contributed by atoms with Crippen LogP contribution in [0.5, 0.6) is 5.75 Å². The van der Waals surface area contributed by atoms with Crippen LogP contribution in [-0.2, 0) is 5.88 Å². The first-order valence-electron chi connectivity index (χ1n) is 3.81. The van der Waals surface area contributed by atoms with Gasteiger partial charge in [0.1, 0.15) is 3.70 Å². The summed E-state index contributed by atoms with van der Waals surface area (Å²) in [4.78, 5) is 3.87. The van der Waals surface area contributed by atoms with Crippen molar-refractivity contribution in [3.8, 4) is 5.75 Å². The zero-order valence-electron chi connectivity index (χ0n) is 7.53. The van der Waals surface area contributed by atoms with Crippen LogP contribution >= 0.6 is 34.2 Å². The Morgan fingerprint density at radius 2 is 2.13 bits per heavy atom. The lowest BCUT2D eigenvalue weighted by molar-refractivity contribution is -0.275. The number of hydrogen-bond acceptors (Lipinski definition) is 2. The van der Waals surface area contributed by atoms with E-state index < -0.39 is 6.36 Å². The predicted molar refractivity (Wildman–Crippen MR) is 57.9 cm³/mol. The van der Waals surface area contributed by atoms with Gasteiger partial charge in [-0.05, 0) is 41.1 Å². The molecule has 0 spiro atoms. The molecule has 0 aliphatic carbocycles. The molecule has 1 heterocycles. The summed E-state index contributed by atoms with van der Waals surface area (Å²) in [6.45, 7) is 1.51. The molecule has 0 amide bonds. The normalized spacial score (nSPS) is 11.6. The van der Waals surface area contributed by atoms with Crippen molar-refractivity contribution in [3.05, 3.63) is 21.0 Å². The number of aromatic nitrogens is 1. The monoisotopic (exact) mass is 351 g/mol. The summed E-state index contributed by atoms with van der Waals surface area (Å²) in [7, 11) is 0. The van der Waals surface area contributed by atoms with Gasteiger partial charge in [0.15, 0.2) is 5.75 Å². The first-order chi connectivity index (χ1) is 6.83. The Kier molecular flexibility index (Phi) is 4.05. The molecule has 0 aliphatic heterocycles. The van der Waals surface area contributed by atoms with Crippen molar-refractivity contribution in [2.24, 2.45) is 0 Å². The Labute approximate surface area is 103 Å². The lowest BCUT2D eigenvalue weighted by Gasteiger charge is -2.13. The Morgan fingerprint density at radius 1 is 1.53 bits per heavy atom. The van der Waals surface area contributed by atoms with Gasteiger partial charge in [-0.2, -0.15) is 0 Å². The Hall–Kier alpha value is -0.240. The van der Waals surface area contributed by atoms with Gasteiger partial charge in [0.05, 0.1) is 11.6 Å². The zero-order chi connectivity index (χ0) is 11.6. The molecule has 2 nitrogen and oxygen atoms in total. The third kappa shape index (κ3) is 3.67. The molecule has 0 N–H and O–H groups in total. The van der Waals surface area contributed by atoms with Crippen LogP contribution in [0.2, 0.25) is 0 Å². The number of halogens is 5. The van der Waals surface area contributed by atoms with Crippen molar-refractivity contribution in [3.63, 3.8) is 0 Å². The van der Waals surface area contributed by atoms with E-state index in [1.807, 2.05) is 0 Å². The third-order valence-electron chi connectivity index (χ3n) is 1.53. The summed E-state index contributed by atoms with van der Waals surface area (Å²) in [6.07, 6.45) is -4.70. The number of rotatable bonds is 2. The fraction of sp³-hybridized carbons (Fsp3) is 0.375. The minimum absolute atomic E-state index is 0.153. The summed E-state index contributed by atoms with van der Waals surface area (Å²) in [5.41, 5.74) is 0.885. The Morgan fingerprint density at radius 3 is 2.53 bits per heavy atom. The zero-order valence-corrected chi connectivity index (χ0v) is 10.4. The summed E-state index contributed by atoms with van der Waals surface area (Å²) < 4.78 is 40.0. The Balaban J connectivity index is 3.09.